The number of ketones is 1. The van der Waals surface area contributed by atoms with Gasteiger partial charge in [0.1, 0.15) is 0 Å². The molecule has 2 rings (SSSR count). The van der Waals surface area contributed by atoms with E-state index in [2.05, 4.69) is 37.0 Å². The lowest BCUT2D eigenvalue weighted by atomic mass is 10.2. The first kappa shape index (κ1) is 12.0. The summed E-state index contributed by atoms with van der Waals surface area (Å²) in [5.74, 6) is 0.0103. The maximum atomic E-state index is 12.1. The monoisotopic (exact) mass is 362 g/mol. The minimum Gasteiger partial charge on any atom is -0.288 e. The summed E-state index contributed by atoms with van der Waals surface area (Å²) in [5, 5.41) is 4.09. The van der Waals surface area contributed by atoms with Gasteiger partial charge >= 0.3 is 0 Å². The van der Waals surface area contributed by atoms with Crippen LogP contribution in [0.4, 0.5) is 0 Å². The molecule has 0 unspecified atom stereocenters. The van der Waals surface area contributed by atoms with Crippen molar-refractivity contribution in [2.24, 2.45) is 0 Å². The van der Waals surface area contributed by atoms with E-state index < -0.39 is 0 Å². The molecule has 16 heavy (non-hydrogen) atoms. The number of hydrogen-bond acceptors (Lipinski definition) is 3. The first-order valence-electron chi connectivity index (χ1n) is 4.63. The average Bonchev–Trinajstić information content (AvgIpc) is 2.86. The molecule has 84 valence electrons. The number of nitrogens with zero attached hydrogens (tertiary/aromatic N) is 2. The number of rotatable bonds is 3. The van der Waals surface area contributed by atoms with Gasteiger partial charge in [0.05, 0.1) is 20.4 Å². The number of aryl methyl sites for hydroxylation is 1. The van der Waals surface area contributed by atoms with Gasteiger partial charge in [-0.1, -0.05) is 0 Å². The smallest absolute Gasteiger partial charge is 0.206 e. The van der Waals surface area contributed by atoms with Crippen LogP contribution in [-0.2, 0) is 6.54 Å². The fraction of sp³-hybridized carbons (Fsp3) is 0.200. The average molecular weight is 364 g/mol. The molecule has 2 aromatic rings. The Hall–Kier alpha value is -0.460. The van der Waals surface area contributed by atoms with Gasteiger partial charge in [0.2, 0.25) is 5.78 Å². The molecule has 0 N–H and O–H groups in total. The van der Waals surface area contributed by atoms with Crippen LogP contribution in [0.1, 0.15) is 22.2 Å². The highest BCUT2D eigenvalue weighted by atomic mass is 79.9. The molecule has 0 saturated heterocycles. The molecule has 0 radical (unpaired) electrons. The van der Waals surface area contributed by atoms with Crippen molar-refractivity contribution in [3.05, 3.63) is 37.2 Å². The van der Waals surface area contributed by atoms with E-state index in [-0.39, 0.29) is 5.78 Å². The predicted octanol–water partition coefficient (Wildman–Crippen LogP) is 3.72. The third-order valence-electron chi connectivity index (χ3n) is 2.09. The Morgan fingerprint density at radius 3 is 2.81 bits per heavy atom. The first-order chi connectivity index (χ1) is 7.61. The topological polar surface area (TPSA) is 34.9 Å². The van der Waals surface area contributed by atoms with Gasteiger partial charge in [-0.05, 0) is 44.8 Å². The van der Waals surface area contributed by atoms with Crippen LogP contribution in [0.3, 0.4) is 0 Å². The van der Waals surface area contributed by atoms with Gasteiger partial charge in [-0.15, -0.1) is 11.3 Å². The molecule has 0 aliphatic heterocycles. The number of aromatic nitrogens is 2. The Balaban J connectivity index is 2.31. The Labute approximate surface area is 114 Å². The second kappa shape index (κ2) is 4.81. The van der Waals surface area contributed by atoms with Crippen LogP contribution in [0, 0.1) is 0 Å². The lowest BCUT2D eigenvalue weighted by Crippen LogP contribution is -1.97. The molecule has 0 saturated carbocycles. The van der Waals surface area contributed by atoms with Crippen LogP contribution in [0.2, 0.25) is 0 Å². The predicted molar refractivity (Wildman–Crippen MR) is 71.1 cm³/mol. The normalized spacial score (nSPS) is 10.7. The van der Waals surface area contributed by atoms with Crippen molar-refractivity contribution in [3.8, 4) is 0 Å². The van der Waals surface area contributed by atoms with Crippen molar-refractivity contribution < 1.29 is 4.79 Å². The SMILES string of the molecule is CCn1cc(C(=O)c2cc(Br)c(Br)s2)cn1. The van der Waals surface area contributed by atoms with Gasteiger partial charge in [0.15, 0.2) is 0 Å². The Morgan fingerprint density at radius 2 is 2.31 bits per heavy atom. The number of thiophene rings is 1. The standard InChI is InChI=1S/C10H8Br2N2OS/c1-2-14-5-6(4-13-14)9(15)8-3-7(11)10(12)16-8/h3-5H,2H2,1H3. The summed E-state index contributed by atoms with van der Waals surface area (Å²) in [7, 11) is 0. The Morgan fingerprint density at radius 1 is 1.56 bits per heavy atom. The van der Waals surface area contributed by atoms with Crippen molar-refractivity contribution >= 4 is 49.0 Å². The van der Waals surface area contributed by atoms with E-state index in [0.717, 1.165) is 14.8 Å². The summed E-state index contributed by atoms with van der Waals surface area (Å²) >= 11 is 8.16. The van der Waals surface area contributed by atoms with Gasteiger partial charge in [-0.3, -0.25) is 9.48 Å². The van der Waals surface area contributed by atoms with Crippen LogP contribution in [-0.4, -0.2) is 15.6 Å². The molecule has 0 fully saturated rings. The third-order valence-corrected chi connectivity index (χ3v) is 5.34. The summed E-state index contributed by atoms with van der Waals surface area (Å²) in [4.78, 5) is 12.8. The van der Waals surface area contributed by atoms with E-state index in [9.17, 15) is 4.79 Å². The zero-order valence-corrected chi connectivity index (χ0v) is 12.4. The third kappa shape index (κ3) is 2.28. The van der Waals surface area contributed by atoms with Crippen LogP contribution < -0.4 is 0 Å². The van der Waals surface area contributed by atoms with E-state index in [0.29, 0.717) is 10.4 Å². The van der Waals surface area contributed by atoms with Crippen LogP contribution in [0.25, 0.3) is 0 Å². The molecular weight excluding hydrogens is 356 g/mol. The molecule has 0 aromatic carbocycles. The number of hydrogen-bond donors (Lipinski definition) is 0. The highest BCUT2D eigenvalue weighted by Crippen LogP contribution is 2.33. The fourth-order valence-electron chi connectivity index (χ4n) is 1.25. The van der Waals surface area contributed by atoms with E-state index in [1.54, 1.807) is 17.1 Å². The quantitative estimate of drug-likeness (QED) is 0.779. The second-order valence-electron chi connectivity index (χ2n) is 3.15. The summed E-state index contributed by atoms with van der Waals surface area (Å²) in [5.41, 5.74) is 0.628. The number of carbonyl (C=O) groups excluding carboxylic acids is 1. The van der Waals surface area contributed by atoms with Crippen molar-refractivity contribution in [2.75, 3.05) is 0 Å². The van der Waals surface area contributed by atoms with Crippen molar-refractivity contribution in [2.45, 2.75) is 13.5 Å². The van der Waals surface area contributed by atoms with Crippen LogP contribution in [0.5, 0.6) is 0 Å². The van der Waals surface area contributed by atoms with E-state index in [1.807, 2.05) is 13.0 Å². The molecule has 0 aliphatic carbocycles. The zero-order valence-electron chi connectivity index (χ0n) is 8.41. The molecule has 2 heterocycles. The molecule has 0 amide bonds. The Bertz CT molecular complexity index is 513. The summed E-state index contributed by atoms with van der Waals surface area (Å²) in [6.45, 7) is 2.75. The minimum atomic E-state index is 0.0103. The van der Waals surface area contributed by atoms with E-state index >= 15 is 0 Å². The largest absolute Gasteiger partial charge is 0.288 e. The van der Waals surface area contributed by atoms with Gasteiger partial charge in [0, 0.05) is 17.2 Å². The highest BCUT2D eigenvalue weighted by molar-refractivity contribution is 9.13. The second-order valence-corrected chi connectivity index (χ2v) is 6.37. The lowest BCUT2D eigenvalue weighted by Gasteiger charge is -1.92. The molecule has 0 bridgehead atoms. The van der Waals surface area contributed by atoms with E-state index in [1.165, 1.54) is 11.3 Å². The summed E-state index contributed by atoms with van der Waals surface area (Å²) in [6.07, 6.45) is 3.37. The zero-order chi connectivity index (χ0) is 11.7. The maximum absolute atomic E-state index is 12.1. The number of carbonyl (C=O) groups is 1. The Kier molecular flexibility index (Phi) is 3.61. The first-order valence-corrected chi connectivity index (χ1v) is 7.04. The molecule has 0 spiro atoms. The van der Waals surface area contributed by atoms with Crippen LogP contribution in [0.15, 0.2) is 26.7 Å². The van der Waals surface area contributed by atoms with Crippen molar-refractivity contribution in [1.29, 1.82) is 0 Å². The fourth-order valence-corrected chi connectivity index (χ4v) is 3.25. The van der Waals surface area contributed by atoms with Crippen molar-refractivity contribution in [1.82, 2.24) is 9.78 Å². The van der Waals surface area contributed by atoms with Gasteiger partial charge in [0.25, 0.3) is 0 Å². The lowest BCUT2D eigenvalue weighted by molar-refractivity contribution is 0.104. The highest BCUT2D eigenvalue weighted by Gasteiger charge is 2.15. The summed E-state index contributed by atoms with van der Waals surface area (Å²) in [6, 6.07) is 1.82. The number of halogens is 2. The van der Waals surface area contributed by atoms with Gasteiger partial charge < -0.3 is 0 Å². The van der Waals surface area contributed by atoms with Gasteiger partial charge in [-0.25, -0.2) is 0 Å². The molecule has 0 aliphatic rings. The summed E-state index contributed by atoms with van der Waals surface area (Å²) < 4.78 is 3.58. The van der Waals surface area contributed by atoms with Gasteiger partial charge in [-0.2, -0.15) is 5.10 Å². The van der Waals surface area contributed by atoms with E-state index in [4.69, 9.17) is 0 Å². The molecule has 2 aromatic heterocycles. The van der Waals surface area contributed by atoms with Crippen molar-refractivity contribution in [3.63, 3.8) is 0 Å². The molecule has 0 atom stereocenters. The minimum absolute atomic E-state index is 0.0103. The molecule has 3 nitrogen and oxygen atoms in total. The van der Waals surface area contributed by atoms with Crippen LogP contribution >= 0.6 is 43.2 Å². The molecular formula is C10H8Br2N2OS. The maximum Gasteiger partial charge on any atom is 0.206 e. The molecule has 6 heteroatoms.